The predicted octanol–water partition coefficient (Wildman–Crippen LogP) is 3.87. The van der Waals surface area contributed by atoms with Crippen LogP contribution in [0.4, 0.5) is 17.1 Å². The molecule has 0 unspecified atom stereocenters. The van der Waals surface area contributed by atoms with Gasteiger partial charge in [0.05, 0.1) is 36.1 Å². The minimum absolute atomic E-state index is 0.101. The number of nitro benzene ring substituents is 1. The molecule has 0 radical (unpaired) electrons. The molecule has 2 N–H and O–H groups in total. The fourth-order valence-corrected chi connectivity index (χ4v) is 3.76. The van der Waals surface area contributed by atoms with Crippen LogP contribution in [-0.2, 0) is 17.9 Å². The van der Waals surface area contributed by atoms with E-state index in [9.17, 15) is 14.9 Å². The SMILES string of the molecule is CCn1c(CNc2ccc(C)cc2)nnc1SCC(=O)Nc1ccc([N+](=O)[O-])cc1OC. The van der Waals surface area contributed by atoms with E-state index in [-0.39, 0.29) is 23.1 Å². The van der Waals surface area contributed by atoms with Crippen molar-refractivity contribution in [1.82, 2.24) is 14.8 Å². The van der Waals surface area contributed by atoms with E-state index in [0.717, 1.165) is 11.5 Å². The predicted molar refractivity (Wildman–Crippen MR) is 123 cm³/mol. The maximum absolute atomic E-state index is 12.4. The van der Waals surface area contributed by atoms with Gasteiger partial charge < -0.3 is 19.9 Å². The number of nitrogens with zero attached hydrogens (tertiary/aromatic N) is 4. The Bertz CT molecular complexity index is 1100. The molecule has 0 saturated carbocycles. The molecule has 0 spiro atoms. The summed E-state index contributed by atoms with van der Waals surface area (Å²) < 4.78 is 7.10. The van der Waals surface area contributed by atoms with Gasteiger partial charge in [-0.1, -0.05) is 29.5 Å². The molecule has 0 fully saturated rings. The zero-order valence-corrected chi connectivity index (χ0v) is 18.8. The van der Waals surface area contributed by atoms with Gasteiger partial charge in [-0.15, -0.1) is 10.2 Å². The number of aryl methyl sites for hydroxylation is 1. The lowest BCUT2D eigenvalue weighted by Crippen LogP contribution is -2.15. The second-order valence-electron chi connectivity index (χ2n) is 6.84. The first-order chi connectivity index (χ1) is 15.4. The second kappa shape index (κ2) is 10.6. The third-order valence-corrected chi connectivity index (χ3v) is 5.58. The molecule has 1 heterocycles. The number of ether oxygens (including phenoxy) is 1. The van der Waals surface area contributed by atoms with E-state index < -0.39 is 4.92 Å². The molecule has 0 aliphatic rings. The van der Waals surface area contributed by atoms with E-state index in [1.165, 1.54) is 42.6 Å². The maximum Gasteiger partial charge on any atom is 0.273 e. The van der Waals surface area contributed by atoms with Crippen molar-refractivity contribution in [2.75, 3.05) is 23.5 Å². The molecule has 0 aliphatic carbocycles. The number of non-ortho nitro benzene ring substituents is 1. The summed E-state index contributed by atoms with van der Waals surface area (Å²) in [7, 11) is 1.39. The van der Waals surface area contributed by atoms with Crippen molar-refractivity contribution >= 4 is 34.7 Å². The monoisotopic (exact) mass is 456 g/mol. The summed E-state index contributed by atoms with van der Waals surface area (Å²) in [5, 5.41) is 26.0. The van der Waals surface area contributed by atoms with Crippen LogP contribution in [0.1, 0.15) is 18.3 Å². The van der Waals surface area contributed by atoms with Crippen LogP contribution in [0.5, 0.6) is 5.75 Å². The van der Waals surface area contributed by atoms with Gasteiger partial charge in [0.15, 0.2) is 11.0 Å². The van der Waals surface area contributed by atoms with Crippen LogP contribution < -0.4 is 15.4 Å². The van der Waals surface area contributed by atoms with E-state index in [4.69, 9.17) is 4.74 Å². The zero-order valence-electron chi connectivity index (χ0n) is 18.0. The number of methoxy groups -OCH3 is 1. The summed E-state index contributed by atoms with van der Waals surface area (Å²) in [6.07, 6.45) is 0. The average molecular weight is 457 g/mol. The second-order valence-corrected chi connectivity index (χ2v) is 7.78. The molecule has 11 heteroatoms. The van der Waals surface area contributed by atoms with Crippen LogP contribution in [0.3, 0.4) is 0 Å². The summed E-state index contributed by atoms with van der Waals surface area (Å²) in [5.41, 5.74) is 2.43. The van der Waals surface area contributed by atoms with Crippen molar-refractivity contribution in [2.45, 2.75) is 32.1 Å². The van der Waals surface area contributed by atoms with Crippen LogP contribution in [0.25, 0.3) is 0 Å². The quantitative estimate of drug-likeness (QED) is 0.268. The summed E-state index contributed by atoms with van der Waals surface area (Å²) in [5.74, 6) is 0.808. The van der Waals surface area contributed by atoms with E-state index in [2.05, 4.69) is 20.8 Å². The van der Waals surface area contributed by atoms with Gasteiger partial charge in [-0.05, 0) is 32.0 Å². The van der Waals surface area contributed by atoms with E-state index in [1.54, 1.807) is 0 Å². The Hall–Kier alpha value is -3.60. The zero-order chi connectivity index (χ0) is 23.1. The van der Waals surface area contributed by atoms with Gasteiger partial charge in [0.25, 0.3) is 5.69 Å². The van der Waals surface area contributed by atoms with Gasteiger partial charge in [0.2, 0.25) is 5.91 Å². The highest BCUT2D eigenvalue weighted by Crippen LogP contribution is 2.29. The smallest absolute Gasteiger partial charge is 0.273 e. The number of amides is 1. The summed E-state index contributed by atoms with van der Waals surface area (Å²) >= 11 is 1.27. The van der Waals surface area contributed by atoms with Crippen molar-refractivity contribution in [3.63, 3.8) is 0 Å². The summed E-state index contributed by atoms with van der Waals surface area (Å²) in [4.78, 5) is 22.8. The van der Waals surface area contributed by atoms with Gasteiger partial charge in [0.1, 0.15) is 5.75 Å². The molecular weight excluding hydrogens is 432 g/mol. The highest BCUT2D eigenvalue weighted by Gasteiger charge is 2.16. The van der Waals surface area contributed by atoms with E-state index in [1.807, 2.05) is 42.7 Å². The topological polar surface area (TPSA) is 124 Å². The first-order valence-electron chi connectivity index (χ1n) is 9.89. The minimum atomic E-state index is -0.521. The number of carbonyl (C=O) groups excluding carboxylic acids is 1. The lowest BCUT2D eigenvalue weighted by atomic mass is 10.2. The molecule has 0 aliphatic heterocycles. The molecule has 0 atom stereocenters. The van der Waals surface area contributed by atoms with Crippen LogP contribution in [0.2, 0.25) is 0 Å². The number of nitrogens with one attached hydrogen (secondary N) is 2. The Balaban J connectivity index is 1.60. The number of carbonyl (C=O) groups is 1. The number of rotatable bonds is 10. The molecule has 168 valence electrons. The maximum atomic E-state index is 12.4. The fourth-order valence-electron chi connectivity index (χ4n) is 2.94. The lowest BCUT2D eigenvalue weighted by Gasteiger charge is -2.11. The molecule has 10 nitrogen and oxygen atoms in total. The van der Waals surface area contributed by atoms with Crippen LogP contribution in [0, 0.1) is 17.0 Å². The highest BCUT2D eigenvalue weighted by atomic mass is 32.2. The van der Waals surface area contributed by atoms with Crippen LogP contribution in [0.15, 0.2) is 47.6 Å². The van der Waals surface area contributed by atoms with Gasteiger partial charge in [-0.3, -0.25) is 14.9 Å². The molecule has 0 bridgehead atoms. The minimum Gasteiger partial charge on any atom is -0.494 e. The van der Waals surface area contributed by atoms with Crippen LogP contribution >= 0.6 is 11.8 Å². The molecule has 3 aromatic rings. The number of anilines is 2. The Kier molecular flexibility index (Phi) is 7.66. The van der Waals surface area contributed by atoms with Gasteiger partial charge in [-0.2, -0.15) is 0 Å². The third kappa shape index (κ3) is 5.76. The van der Waals surface area contributed by atoms with Gasteiger partial charge >= 0.3 is 0 Å². The molecule has 32 heavy (non-hydrogen) atoms. The van der Waals surface area contributed by atoms with Crippen molar-refractivity contribution < 1.29 is 14.5 Å². The van der Waals surface area contributed by atoms with Gasteiger partial charge in [0, 0.05) is 18.3 Å². The standard InChI is InChI=1S/C21H24N6O4S/c1-4-26-19(12-22-15-7-5-14(2)6-8-15)24-25-21(26)32-13-20(28)23-17-10-9-16(27(29)30)11-18(17)31-3/h5-11,22H,4,12-13H2,1-3H3,(H,23,28). The Morgan fingerprint density at radius 1 is 1.22 bits per heavy atom. The molecule has 1 aromatic heterocycles. The molecular formula is C21H24N6O4S. The van der Waals surface area contributed by atoms with Gasteiger partial charge in [-0.25, -0.2) is 0 Å². The average Bonchev–Trinajstić information content (AvgIpc) is 3.19. The number of aromatic nitrogens is 3. The number of hydrogen-bond acceptors (Lipinski definition) is 8. The number of nitro groups is 1. The summed E-state index contributed by atoms with van der Waals surface area (Å²) in [6.45, 7) is 5.20. The van der Waals surface area contributed by atoms with Crippen molar-refractivity contribution in [3.8, 4) is 5.75 Å². The first kappa shape index (κ1) is 23.1. The molecule has 0 saturated heterocycles. The number of hydrogen-bond donors (Lipinski definition) is 2. The lowest BCUT2D eigenvalue weighted by molar-refractivity contribution is -0.384. The molecule has 3 rings (SSSR count). The normalized spacial score (nSPS) is 10.6. The van der Waals surface area contributed by atoms with Crippen molar-refractivity contribution in [3.05, 3.63) is 64.0 Å². The Morgan fingerprint density at radius 2 is 1.97 bits per heavy atom. The Morgan fingerprint density at radius 3 is 2.62 bits per heavy atom. The van der Waals surface area contributed by atoms with Crippen molar-refractivity contribution in [2.24, 2.45) is 0 Å². The third-order valence-electron chi connectivity index (χ3n) is 4.61. The number of benzene rings is 2. The van der Waals surface area contributed by atoms with Crippen molar-refractivity contribution in [1.29, 1.82) is 0 Å². The van der Waals surface area contributed by atoms with E-state index in [0.29, 0.717) is 23.9 Å². The fraction of sp³-hybridized carbons (Fsp3) is 0.286. The highest BCUT2D eigenvalue weighted by molar-refractivity contribution is 7.99. The number of thioether (sulfide) groups is 1. The summed E-state index contributed by atoms with van der Waals surface area (Å²) in [6, 6.07) is 12.1. The van der Waals surface area contributed by atoms with Crippen LogP contribution in [-0.4, -0.2) is 38.5 Å². The molecule has 2 aromatic carbocycles. The Labute approximate surface area is 189 Å². The largest absolute Gasteiger partial charge is 0.494 e. The first-order valence-corrected chi connectivity index (χ1v) is 10.9. The molecule has 1 amide bonds. The van der Waals surface area contributed by atoms with E-state index >= 15 is 0 Å².